The average Bonchev–Trinajstić information content (AvgIpc) is 3.12. The molecule has 1 heterocycles. The maximum Gasteiger partial charge on any atom is 0.231 e. The van der Waals surface area contributed by atoms with Gasteiger partial charge in [0.15, 0.2) is 16.6 Å². The number of nitrogens with zero attached hydrogens (tertiary/aromatic N) is 1. The lowest BCUT2D eigenvalue weighted by Crippen LogP contribution is -2.32. The smallest absolute Gasteiger partial charge is 0.231 e. The molecule has 0 bridgehead atoms. The van der Waals surface area contributed by atoms with Crippen molar-refractivity contribution in [2.75, 3.05) is 6.79 Å². The van der Waals surface area contributed by atoms with Crippen LogP contribution >= 0.6 is 12.2 Å². The molecule has 0 atom stereocenters. The van der Waals surface area contributed by atoms with Crippen molar-refractivity contribution in [2.45, 2.75) is 26.8 Å². The molecular weight excluding hydrogens is 334 g/mol. The third-order valence-electron chi connectivity index (χ3n) is 4.00. The number of hydrogen-bond acceptors (Lipinski definition) is 4. The van der Waals surface area contributed by atoms with Crippen LogP contribution in [0.2, 0.25) is 0 Å². The van der Waals surface area contributed by atoms with Gasteiger partial charge >= 0.3 is 0 Å². The van der Waals surface area contributed by atoms with E-state index in [4.69, 9.17) is 21.7 Å². The van der Waals surface area contributed by atoms with Crippen LogP contribution in [0.25, 0.3) is 0 Å². The minimum atomic E-state index is 0.277. The number of thiocarbonyl (C=S) groups is 1. The first-order chi connectivity index (χ1) is 12.2. The summed E-state index contributed by atoms with van der Waals surface area (Å²) in [5.74, 6) is 1.54. The molecule has 0 saturated carbocycles. The number of benzene rings is 2. The maximum absolute atomic E-state index is 5.37. The van der Waals surface area contributed by atoms with Gasteiger partial charge in [-0.1, -0.05) is 37.3 Å². The standard InChI is InChI=1S/C19H21N3O2S/c1-3-14-4-7-16(8-5-14)13(2)21-22-19(25)20-11-15-6-9-17-18(10-15)24-12-23-17/h4-10H,3,11-12H2,1-2H3,(H2,20,22,25)/b21-13-. The van der Waals surface area contributed by atoms with Gasteiger partial charge in [-0.25, -0.2) is 0 Å². The predicted octanol–water partition coefficient (Wildman–Crippen LogP) is 3.37. The fourth-order valence-electron chi connectivity index (χ4n) is 2.45. The molecule has 6 heteroatoms. The number of hydrogen-bond donors (Lipinski definition) is 2. The zero-order valence-electron chi connectivity index (χ0n) is 14.3. The number of ether oxygens (including phenoxy) is 2. The number of fused-ring (bicyclic) bond motifs is 1. The van der Waals surface area contributed by atoms with Crippen LogP contribution in [0.1, 0.15) is 30.5 Å². The Morgan fingerprint density at radius 3 is 2.56 bits per heavy atom. The summed E-state index contributed by atoms with van der Waals surface area (Å²) in [4.78, 5) is 0. The Balaban J connectivity index is 1.51. The highest BCUT2D eigenvalue weighted by molar-refractivity contribution is 7.80. The lowest BCUT2D eigenvalue weighted by molar-refractivity contribution is 0.174. The Bertz CT molecular complexity index is 788. The van der Waals surface area contributed by atoms with Crippen LogP contribution in [0, 0.1) is 0 Å². The van der Waals surface area contributed by atoms with Crippen molar-refractivity contribution in [3.8, 4) is 11.5 Å². The van der Waals surface area contributed by atoms with Crippen molar-refractivity contribution >= 4 is 23.0 Å². The summed E-state index contributed by atoms with van der Waals surface area (Å²) in [6.45, 7) is 4.96. The first kappa shape index (κ1) is 17.2. The molecule has 0 unspecified atom stereocenters. The fourth-order valence-corrected chi connectivity index (χ4v) is 2.57. The third kappa shape index (κ3) is 4.48. The average molecular weight is 355 g/mol. The summed E-state index contributed by atoms with van der Waals surface area (Å²) < 4.78 is 10.7. The minimum Gasteiger partial charge on any atom is -0.454 e. The lowest BCUT2D eigenvalue weighted by atomic mass is 10.1. The van der Waals surface area contributed by atoms with Crippen molar-refractivity contribution in [2.24, 2.45) is 5.10 Å². The molecule has 0 fully saturated rings. The van der Waals surface area contributed by atoms with Crippen molar-refractivity contribution in [1.29, 1.82) is 0 Å². The molecule has 0 radical (unpaired) electrons. The second-order valence-corrected chi connectivity index (χ2v) is 6.14. The van der Waals surface area contributed by atoms with Gasteiger partial charge in [-0.3, -0.25) is 5.43 Å². The molecule has 0 saturated heterocycles. The Labute approximate surface area is 153 Å². The molecular formula is C19H21N3O2S. The van der Waals surface area contributed by atoms with E-state index >= 15 is 0 Å². The van der Waals surface area contributed by atoms with Crippen LogP contribution in [0.15, 0.2) is 47.6 Å². The number of rotatable bonds is 5. The van der Waals surface area contributed by atoms with E-state index in [0.29, 0.717) is 11.7 Å². The monoisotopic (exact) mass is 355 g/mol. The summed E-state index contributed by atoms with van der Waals surface area (Å²) in [6.07, 6.45) is 1.03. The van der Waals surface area contributed by atoms with E-state index in [1.54, 1.807) is 0 Å². The summed E-state index contributed by atoms with van der Waals surface area (Å²) in [7, 11) is 0. The van der Waals surface area contributed by atoms with Gasteiger partial charge < -0.3 is 14.8 Å². The molecule has 1 aliphatic rings. The van der Waals surface area contributed by atoms with Gasteiger partial charge in [0.2, 0.25) is 6.79 Å². The summed E-state index contributed by atoms with van der Waals surface area (Å²) in [6, 6.07) is 14.2. The molecule has 2 N–H and O–H groups in total. The minimum absolute atomic E-state index is 0.277. The van der Waals surface area contributed by atoms with E-state index in [2.05, 4.69) is 47.0 Å². The van der Waals surface area contributed by atoms with Gasteiger partial charge in [-0.2, -0.15) is 5.10 Å². The van der Waals surface area contributed by atoms with Crippen LogP contribution < -0.4 is 20.2 Å². The number of aryl methyl sites for hydroxylation is 1. The molecule has 0 amide bonds. The lowest BCUT2D eigenvalue weighted by Gasteiger charge is -2.09. The maximum atomic E-state index is 5.37. The van der Waals surface area contributed by atoms with Gasteiger partial charge in [-0.05, 0) is 54.4 Å². The molecule has 1 aliphatic heterocycles. The van der Waals surface area contributed by atoms with E-state index in [1.807, 2.05) is 25.1 Å². The van der Waals surface area contributed by atoms with Crippen molar-refractivity contribution in [3.05, 3.63) is 59.2 Å². The summed E-state index contributed by atoms with van der Waals surface area (Å²) in [5, 5.41) is 7.94. The van der Waals surface area contributed by atoms with E-state index in [0.717, 1.165) is 34.8 Å². The normalized spacial score (nSPS) is 12.8. The largest absolute Gasteiger partial charge is 0.454 e. The number of nitrogens with one attached hydrogen (secondary N) is 2. The van der Waals surface area contributed by atoms with E-state index in [9.17, 15) is 0 Å². The first-order valence-corrected chi connectivity index (χ1v) is 8.62. The van der Waals surface area contributed by atoms with E-state index in [-0.39, 0.29) is 6.79 Å². The Morgan fingerprint density at radius 1 is 1.08 bits per heavy atom. The molecule has 0 aliphatic carbocycles. The van der Waals surface area contributed by atoms with Crippen LogP contribution in [0.3, 0.4) is 0 Å². The van der Waals surface area contributed by atoms with Gasteiger partial charge in [0, 0.05) is 6.54 Å². The van der Waals surface area contributed by atoms with Crippen LogP contribution in [0.5, 0.6) is 11.5 Å². The van der Waals surface area contributed by atoms with Crippen molar-refractivity contribution in [1.82, 2.24) is 10.7 Å². The van der Waals surface area contributed by atoms with Gasteiger partial charge in [0.05, 0.1) is 5.71 Å². The van der Waals surface area contributed by atoms with Gasteiger partial charge in [0.1, 0.15) is 0 Å². The summed E-state index contributed by atoms with van der Waals surface area (Å²) in [5.41, 5.74) is 7.21. The molecule has 5 nitrogen and oxygen atoms in total. The zero-order chi connectivity index (χ0) is 17.6. The van der Waals surface area contributed by atoms with E-state index in [1.165, 1.54) is 5.56 Å². The summed E-state index contributed by atoms with van der Waals surface area (Å²) >= 11 is 5.28. The van der Waals surface area contributed by atoms with Gasteiger partial charge in [0.25, 0.3) is 0 Å². The molecule has 2 aromatic rings. The van der Waals surface area contributed by atoms with Crippen molar-refractivity contribution in [3.63, 3.8) is 0 Å². The molecule has 0 aromatic heterocycles. The van der Waals surface area contributed by atoms with Crippen LogP contribution in [-0.2, 0) is 13.0 Å². The van der Waals surface area contributed by atoms with Crippen LogP contribution in [0.4, 0.5) is 0 Å². The topological polar surface area (TPSA) is 54.9 Å². The molecule has 3 rings (SSSR count). The van der Waals surface area contributed by atoms with Gasteiger partial charge in [-0.15, -0.1) is 0 Å². The molecule has 25 heavy (non-hydrogen) atoms. The third-order valence-corrected chi connectivity index (χ3v) is 4.23. The highest BCUT2D eigenvalue weighted by Crippen LogP contribution is 2.32. The molecule has 0 spiro atoms. The second kappa shape index (κ2) is 7.98. The predicted molar refractivity (Wildman–Crippen MR) is 103 cm³/mol. The SMILES string of the molecule is CCc1ccc(/C(C)=N\NC(=S)NCc2ccc3c(c2)OCO3)cc1. The Morgan fingerprint density at radius 2 is 1.80 bits per heavy atom. The quantitative estimate of drug-likeness (QED) is 0.489. The first-order valence-electron chi connectivity index (χ1n) is 8.21. The molecule has 2 aromatic carbocycles. The highest BCUT2D eigenvalue weighted by atomic mass is 32.1. The number of hydrazone groups is 1. The highest BCUT2D eigenvalue weighted by Gasteiger charge is 2.13. The second-order valence-electron chi connectivity index (χ2n) is 5.73. The van der Waals surface area contributed by atoms with Crippen molar-refractivity contribution < 1.29 is 9.47 Å². The fraction of sp³-hybridized carbons (Fsp3) is 0.263. The molecule has 130 valence electrons. The zero-order valence-corrected chi connectivity index (χ0v) is 15.2. The van der Waals surface area contributed by atoms with E-state index < -0.39 is 0 Å². The Kier molecular flexibility index (Phi) is 5.50. The Hall–Kier alpha value is -2.60. The van der Waals surface area contributed by atoms with Crippen LogP contribution in [-0.4, -0.2) is 17.6 Å².